The maximum atomic E-state index is 6.50. The van der Waals surface area contributed by atoms with Gasteiger partial charge in [-0.05, 0) is 37.5 Å². The van der Waals surface area contributed by atoms with Crippen molar-refractivity contribution in [2.45, 2.75) is 43.7 Å². The van der Waals surface area contributed by atoms with Crippen LogP contribution in [0.25, 0.3) is 0 Å². The largest absolute Gasteiger partial charge is 0.381 e. The van der Waals surface area contributed by atoms with Crippen molar-refractivity contribution in [2.75, 3.05) is 33.0 Å². The minimum Gasteiger partial charge on any atom is -0.381 e. The first kappa shape index (κ1) is 12.9. The number of nitrogens with two attached hydrogens (primary N) is 1. The molecular formula is C14H25NO3. The van der Waals surface area contributed by atoms with Crippen LogP contribution in [-0.4, -0.2) is 44.7 Å². The summed E-state index contributed by atoms with van der Waals surface area (Å²) < 4.78 is 17.1. The summed E-state index contributed by atoms with van der Waals surface area (Å²) >= 11 is 0. The highest BCUT2D eigenvalue weighted by Crippen LogP contribution is 2.38. The van der Waals surface area contributed by atoms with E-state index in [1.54, 1.807) is 0 Å². The van der Waals surface area contributed by atoms with Gasteiger partial charge in [0.1, 0.15) is 0 Å². The molecule has 2 N–H and O–H groups in total. The van der Waals surface area contributed by atoms with E-state index < -0.39 is 0 Å². The third-order valence-corrected chi connectivity index (χ3v) is 4.88. The van der Waals surface area contributed by atoms with Crippen molar-refractivity contribution in [1.82, 2.24) is 0 Å². The van der Waals surface area contributed by atoms with E-state index in [4.69, 9.17) is 19.9 Å². The molecule has 0 radical (unpaired) electrons. The Labute approximate surface area is 109 Å². The van der Waals surface area contributed by atoms with Crippen LogP contribution in [-0.2, 0) is 14.2 Å². The molecule has 3 rings (SSSR count). The SMILES string of the molecule is NC(C1CCCOC1)C1CCOC2(CCOC2)C1. The maximum absolute atomic E-state index is 6.50. The van der Waals surface area contributed by atoms with E-state index in [0.717, 1.165) is 58.7 Å². The highest BCUT2D eigenvalue weighted by atomic mass is 16.6. The Balaban J connectivity index is 1.60. The van der Waals surface area contributed by atoms with Crippen molar-refractivity contribution >= 4 is 0 Å². The molecule has 3 fully saturated rings. The van der Waals surface area contributed by atoms with E-state index in [1.807, 2.05) is 0 Å². The molecule has 0 aromatic rings. The number of ether oxygens (including phenoxy) is 3. The molecule has 18 heavy (non-hydrogen) atoms. The Morgan fingerprint density at radius 1 is 1.06 bits per heavy atom. The fraction of sp³-hybridized carbons (Fsp3) is 1.00. The molecule has 3 aliphatic rings. The predicted molar refractivity (Wildman–Crippen MR) is 68.4 cm³/mol. The lowest BCUT2D eigenvalue weighted by Crippen LogP contribution is -2.49. The molecule has 4 heteroatoms. The molecule has 0 bridgehead atoms. The second kappa shape index (κ2) is 5.45. The lowest BCUT2D eigenvalue weighted by Gasteiger charge is -2.42. The molecule has 4 nitrogen and oxygen atoms in total. The van der Waals surface area contributed by atoms with Crippen LogP contribution in [0, 0.1) is 11.8 Å². The van der Waals surface area contributed by atoms with E-state index in [2.05, 4.69) is 0 Å². The van der Waals surface area contributed by atoms with Crippen LogP contribution in [0.1, 0.15) is 32.1 Å². The molecule has 0 saturated carbocycles. The lowest BCUT2D eigenvalue weighted by molar-refractivity contribution is -0.106. The molecule has 104 valence electrons. The summed E-state index contributed by atoms with van der Waals surface area (Å²) in [6, 6.07) is 0.270. The van der Waals surface area contributed by atoms with Gasteiger partial charge in [0.2, 0.25) is 0 Å². The third kappa shape index (κ3) is 2.57. The van der Waals surface area contributed by atoms with Crippen molar-refractivity contribution < 1.29 is 14.2 Å². The summed E-state index contributed by atoms with van der Waals surface area (Å²) in [7, 11) is 0. The fourth-order valence-electron chi connectivity index (χ4n) is 3.71. The zero-order valence-corrected chi connectivity index (χ0v) is 11.1. The van der Waals surface area contributed by atoms with Gasteiger partial charge in [0, 0.05) is 32.3 Å². The molecule has 0 amide bonds. The molecule has 3 heterocycles. The molecule has 4 atom stereocenters. The first-order chi connectivity index (χ1) is 8.79. The van der Waals surface area contributed by atoms with Gasteiger partial charge in [-0.2, -0.15) is 0 Å². The second-order valence-corrected chi connectivity index (χ2v) is 6.14. The Bertz CT molecular complexity index is 272. The topological polar surface area (TPSA) is 53.7 Å². The molecule has 3 aliphatic heterocycles. The normalized spacial score (nSPS) is 43.2. The van der Waals surface area contributed by atoms with Crippen LogP contribution in [0.4, 0.5) is 0 Å². The summed E-state index contributed by atoms with van der Waals surface area (Å²) in [4.78, 5) is 0. The van der Waals surface area contributed by atoms with Gasteiger partial charge in [-0.3, -0.25) is 0 Å². The first-order valence-corrected chi connectivity index (χ1v) is 7.34. The summed E-state index contributed by atoms with van der Waals surface area (Å²) in [6.07, 6.45) is 5.60. The van der Waals surface area contributed by atoms with Gasteiger partial charge >= 0.3 is 0 Å². The van der Waals surface area contributed by atoms with Gasteiger partial charge in [-0.15, -0.1) is 0 Å². The minimum absolute atomic E-state index is 0.0178. The van der Waals surface area contributed by atoms with E-state index in [-0.39, 0.29) is 11.6 Å². The van der Waals surface area contributed by atoms with Gasteiger partial charge in [-0.25, -0.2) is 0 Å². The third-order valence-electron chi connectivity index (χ3n) is 4.88. The quantitative estimate of drug-likeness (QED) is 0.808. The van der Waals surface area contributed by atoms with Crippen LogP contribution in [0.3, 0.4) is 0 Å². The van der Waals surface area contributed by atoms with Gasteiger partial charge in [0.15, 0.2) is 0 Å². The molecule has 1 spiro atoms. The van der Waals surface area contributed by atoms with Crippen molar-refractivity contribution in [2.24, 2.45) is 17.6 Å². The highest BCUT2D eigenvalue weighted by molar-refractivity contribution is 4.94. The average molecular weight is 255 g/mol. The van der Waals surface area contributed by atoms with Gasteiger partial charge in [-0.1, -0.05) is 0 Å². The maximum Gasteiger partial charge on any atom is 0.0939 e. The summed E-state index contributed by atoms with van der Waals surface area (Å²) in [5, 5.41) is 0. The second-order valence-electron chi connectivity index (χ2n) is 6.14. The van der Waals surface area contributed by atoms with Gasteiger partial charge in [0.25, 0.3) is 0 Å². The van der Waals surface area contributed by atoms with Crippen molar-refractivity contribution in [1.29, 1.82) is 0 Å². The Morgan fingerprint density at radius 2 is 2.00 bits per heavy atom. The Hall–Kier alpha value is -0.160. The Kier molecular flexibility index (Phi) is 3.89. The van der Waals surface area contributed by atoms with Crippen molar-refractivity contribution in [3.05, 3.63) is 0 Å². The van der Waals surface area contributed by atoms with E-state index in [9.17, 15) is 0 Å². The average Bonchev–Trinajstić information content (AvgIpc) is 2.87. The predicted octanol–water partition coefficient (Wildman–Crippen LogP) is 1.33. The van der Waals surface area contributed by atoms with Crippen molar-refractivity contribution in [3.63, 3.8) is 0 Å². The molecule has 0 aromatic heterocycles. The number of rotatable bonds is 2. The summed E-state index contributed by atoms with van der Waals surface area (Å²) in [5.41, 5.74) is 6.48. The van der Waals surface area contributed by atoms with Crippen LogP contribution >= 0.6 is 0 Å². The zero-order chi connectivity index (χ0) is 12.4. The first-order valence-electron chi connectivity index (χ1n) is 7.34. The van der Waals surface area contributed by atoms with E-state index in [1.165, 1.54) is 6.42 Å². The standard InChI is InChI=1S/C14H25NO3/c15-13(12-2-1-5-16-9-12)11-3-6-18-14(8-11)4-7-17-10-14/h11-13H,1-10,15H2. The molecule has 3 saturated heterocycles. The van der Waals surface area contributed by atoms with Crippen LogP contribution < -0.4 is 5.73 Å². The number of hydrogen-bond acceptors (Lipinski definition) is 4. The Morgan fingerprint density at radius 3 is 2.72 bits per heavy atom. The molecule has 0 aromatic carbocycles. The zero-order valence-electron chi connectivity index (χ0n) is 11.1. The van der Waals surface area contributed by atoms with Crippen LogP contribution in [0.2, 0.25) is 0 Å². The van der Waals surface area contributed by atoms with Crippen molar-refractivity contribution in [3.8, 4) is 0 Å². The molecular weight excluding hydrogens is 230 g/mol. The highest BCUT2D eigenvalue weighted by Gasteiger charge is 2.43. The van der Waals surface area contributed by atoms with E-state index >= 15 is 0 Å². The van der Waals surface area contributed by atoms with Crippen LogP contribution in [0.15, 0.2) is 0 Å². The molecule has 0 aliphatic carbocycles. The summed E-state index contributed by atoms with van der Waals surface area (Å²) in [5.74, 6) is 1.12. The van der Waals surface area contributed by atoms with Gasteiger partial charge in [0.05, 0.1) is 18.8 Å². The minimum atomic E-state index is -0.0178. The van der Waals surface area contributed by atoms with Crippen LogP contribution in [0.5, 0.6) is 0 Å². The lowest BCUT2D eigenvalue weighted by atomic mass is 9.76. The summed E-state index contributed by atoms with van der Waals surface area (Å²) in [6.45, 7) is 4.21. The van der Waals surface area contributed by atoms with E-state index in [0.29, 0.717) is 11.8 Å². The smallest absolute Gasteiger partial charge is 0.0939 e. The molecule has 4 unspecified atom stereocenters. The van der Waals surface area contributed by atoms with Gasteiger partial charge < -0.3 is 19.9 Å². The number of hydrogen-bond donors (Lipinski definition) is 1. The monoisotopic (exact) mass is 255 g/mol. The fourth-order valence-corrected chi connectivity index (χ4v) is 3.71.